The summed E-state index contributed by atoms with van der Waals surface area (Å²) in [5, 5.41) is 9.59. The van der Waals surface area contributed by atoms with E-state index >= 15 is 0 Å². The van der Waals surface area contributed by atoms with Crippen LogP contribution < -0.4 is 0 Å². The number of para-hydroxylation sites is 2. The molecule has 0 atom stereocenters. The molecule has 0 fully saturated rings. The van der Waals surface area contributed by atoms with Crippen molar-refractivity contribution in [3.63, 3.8) is 0 Å². The lowest BCUT2D eigenvalue weighted by Gasteiger charge is -2.11. The van der Waals surface area contributed by atoms with Crippen LogP contribution in [-0.4, -0.2) is 28.4 Å². The van der Waals surface area contributed by atoms with Gasteiger partial charge in [0.1, 0.15) is 11.6 Å². The number of hydrogen-bond donors (Lipinski definition) is 1. The first-order valence-electron chi connectivity index (χ1n) is 6.95. The number of ether oxygens (including phenoxy) is 1. The Morgan fingerprint density at radius 3 is 2.76 bits per heavy atom. The minimum Gasteiger partial charge on any atom is -0.508 e. The Balaban J connectivity index is 2.20. The first kappa shape index (κ1) is 13.6. The quantitative estimate of drug-likeness (QED) is 0.798. The summed E-state index contributed by atoms with van der Waals surface area (Å²) in [4.78, 5) is 4.75. The van der Waals surface area contributed by atoms with Crippen molar-refractivity contribution in [2.75, 3.05) is 13.7 Å². The lowest BCUT2D eigenvalue weighted by Crippen LogP contribution is -2.06. The van der Waals surface area contributed by atoms with Gasteiger partial charge in [-0.3, -0.25) is 0 Å². The molecule has 0 aliphatic rings. The van der Waals surface area contributed by atoms with Crippen LogP contribution in [-0.2, 0) is 11.3 Å². The highest BCUT2D eigenvalue weighted by molar-refractivity contribution is 5.81. The maximum absolute atomic E-state index is 9.59. The summed E-state index contributed by atoms with van der Waals surface area (Å²) in [7, 11) is 1.70. The zero-order valence-corrected chi connectivity index (χ0v) is 12.2. The lowest BCUT2D eigenvalue weighted by atomic mass is 10.1. The number of nitrogens with zero attached hydrogens (tertiary/aromatic N) is 2. The van der Waals surface area contributed by atoms with Gasteiger partial charge in [0.05, 0.1) is 17.6 Å². The third kappa shape index (κ3) is 2.50. The number of aryl methyl sites for hydroxylation is 1. The second kappa shape index (κ2) is 5.58. The van der Waals surface area contributed by atoms with Gasteiger partial charge in [-0.15, -0.1) is 0 Å². The number of phenols is 1. The highest BCUT2D eigenvalue weighted by Gasteiger charge is 2.14. The molecule has 0 saturated heterocycles. The van der Waals surface area contributed by atoms with Gasteiger partial charge in [-0.25, -0.2) is 4.98 Å². The summed E-state index contributed by atoms with van der Waals surface area (Å²) in [6, 6.07) is 13.5. The minimum atomic E-state index is 0.274. The third-order valence-electron chi connectivity index (χ3n) is 3.62. The van der Waals surface area contributed by atoms with Crippen molar-refractivity contribution in [1.29, 1.82) is 0 Å². The Morgan fingerprint density at radius 1 is 1.19 bits per heavy atom. The van der Waals surface area contributed by atoms with Crippen molar-refractivity contribution in [2.45, 2.75) is 13.5 Å². The normalized spacial score (nSPS) is 11.1. The fourth-order valence-corrected chi connectivity index (χ4v) is 2.59. The summed E-state index contributed by atoms with van der Waals surface area (Å²) in [5.74, 6) is 1.18. The summed E-state index contributed by atoms with van der Waals surface area (Å²) in [6.45, 7) is 3.35. The molecule has 2 aromatic carbocycles. The van der Waals surface area contributed by atoms with Crippen LogP contribution >= 0.6 is 0 Å². The van der Waals surface area contributed by atoms with Gasteiger partial charge in [0.2, 0.25) is 0 Å². The Morgan fingerprint density at radius 2 is 2.00 bits per heavy atom. The molecule has 1 aromatic heterocycles. The largest absolute Gasteiger partial charge is 0.508 e. The van der Waals surface area contributed by atoms with Crippen LogP contribution in [0, 0.1) is 6.92 Å². The highest BCUT2D eigenvalue weighted by atomic mass is 16.5. The number of phenolic OH excluding ortho intramolecular Hbond substituents is 1. The first-order valence-corrected chi connectivity index (χ1v) is 6.95. The SMILES string of the molecule is COCCn1c(-c2ccc(O)cc2C)nc2ccccc21. The molecule has 0 radical (unpaired) electrons. The highest BCUT2D eigenvalue weighted by Crippen LogP contribution is 2.29. The minimum absolute atomic E-state index is 0.274. The Bertz CT molecular complexity index is 778. The van der Waals surface area contributed by atoms with Crippen LogP contribution in [0.1, 0.15) is 5.56 Å². The van der Waals surface area contributed by atoms with Crippen LogP contribution in [0.5, 0.6) is 5.75 Å². The molecular formula is C17H18N2O2. The molecule has 3 aromatic rings. The van der Waals surface area contributed by atoms with Crippen LogP contribution in [0.2, 0.25) is 0 Å². The lowest BCUT2D eigenvalue weighted by molar-refractivity contribution is 0.188. The van der Waals surface area contributed by atoms with Crippen molar-refractivity contribution in [1.82, 2.24) is 9.55 Å². The molecule has 0 bridgehead atoms. The average molecular weight is 282 g/mol. The van der Waals surface area contributed by atoms with Gasteiger partial charge < -0.3 is 14.4 Å². The molecule has 4 nitrogen and oxygen atoms in total. The number of rotatable bonds is 4. The van der Waals surface area contributed by atoms with Crippen molar-refractivity contribution in [3.05, 3.63) is 48.0 Å². The van der Waals surface area contributed by atoms with E-state index in [0.29, 0.717) is 6.61 Å². The number of methoxy groups -OCH3 is 1. The number of benzene rings is 2. The molecule has 0 amide bonds. The van der Waals surface area contributed by atoms with E-state index in [-0.39, 0.29) is 5.75 Å². The van der Waals surface area contributed by atoms with E-state index in [1.165, 1.54) is 0 Å². The van der Waals surface area contributed by atoms with Gasteiger partial charge >= 0.3 is 0 Å². The fraction of sp³-hybridized carbons (Fsp3) is 0.235. The van der Waals surface area contributed by atoms with E-state index in [9.17, 15) is 5.11 Å². The number of imidazole rings is 1. The van der Waals surface area contributed by atoms with Crippen LogP contribution in [0.15, 0.2) is 42.5 Å². The van der Waals surface area contributed by atoms with Crippen molar-refractivity contribution < 1.29 is 9.84 Å². The van der Waals surface area contributed by atoms with Crippen LogP contribution in [0.3, 0.4) is 0 Å². The van der Waals surface area contributed by atoms with E-state index in [4.69, 9.17) is 9.72 Å². The molecule has 0 spiro atoms. The molecule has 1 N–H and O–H groups in total. The number of fused-ring (bicyclic) bond motifs is 1. The summed E-state index contributed by atoms with van der Waals surface area (Å²) in [6.07, 6.45) is 0. The predicted molar refractivity (Wildman–Crippen MR) is 83.4 cm³/mol. The number of aromatic hydroxyl groups is 1. The molecule has 4 heteroatoms. The summed E-state index contributed by atoms with van der Waals surface area (Å²) < 4.78 is 7.38. The summed E-state index contributed by atoms with van der Waals surface area (Å²) >= 11 is 0. The van der Waals surface area contributed by atoms with Gasteiger partial charge in [-0.1, -0.05) is 12.1 Å². The van der Waals surface area contributed by atoms with Crippen LogP contribution in [0.4, 0.5) is 0 Å². The molecule has 0 aliphatic carbocycles. The van der Waals surface area contributed by atoms with Crippen molar-refractivity contribution >= 4 is 11.0 Å². The van der Waals surface area contributed by atoms with Gasteiger partial charge in [-0.2, -0.15) is 0 Å². The van der Waals surface area contributed by atoms with E-state index in [1.807, 2.05) is 31.2 Å². The molecule has 1 heterocycles. The number of aromatic nitrogens is 2. The zero-order valence-electron chi connectivity index (χ0n) is 12.2. The molecule has 108 valence electrons. The Hall–Kier alpha value is -2.33. The maximum Gasteiger partial charge on any atom is 0.141 e. The maximum atomic E-state index is 9.59. The topological polar surface area (TPSA) is 47.3 Å². The smallest absolute Gasteiger partial charge is 0.141 e. The average Bonchev–Trinajstić information content (AvgIpc) is 2.83. The van der Waals surface area contributed by atoms with Gasteiger partial charge in [-0.05, 0) is 42.8 Å². The molecule has 3 rings (SSSR count). The monoisotopic (exact) mass is 282 g/mol. The third-order valence-corrected chi connectivity index (χ3v) is 3.62. The number of hydrogen-bond acceptors (Lipinski definition) is 3. The van der Waals surface area contributed by atoms with Crippen LogP contribution in [0.25, 0.3) is 22.4 Å². The van der Waals surface area contributed by atoms with E-state index in [1.54, 1.807) is 19.2 Å². The van der Waals surface area contributed by atoms with E-state index in [2.05, 4.69) is 10.6 Å². The standard InChI is InChI=1S/C17H18N2O2/c1-12-11-13(20)7-8-14(12)17-18-15-5-3-4-6-16(15)19(17)9-10-21-2/h3-8,11,20H,9-10H2,1-2H3. The molecule has 21 heavy (non-hydrogen) atoms. The van der Waals surface area contributed by atoms with Crippen molar-refractivity contribution in [2.24, 2.45) is 0 Å². The second-order valence-corrected chi connectivity index (χ2v) is 5.07. The molecule has 0 unspecified atom stereocenters. The van der Waals surface area contributed by atoms with E-state index in [0.717, 1.165) is 34.5 Å². The van der Waals surface area contributed by atoms with Gasteiger partial charge in [0, 0.05) is 19.2 Å². The zero-order chi connectivity index (χ0) is 14.8. The van der Waals surface area contributed by atoms with Gasteiger partial charge in [0.25, 0.3) is 0 Å². The second-order valence-electron chi connectivity index (χ2n) is 5.07. The van der Waals surface area contributed by atoms with E-state index < -0.39 is 0 Å². The molecule has 0 saturated carbocycles. The van der Waals surface area contributed by atoms with Gasteiger partial charge in [0.15, 0.2) is 0 Å². The van der Waals surface area contributed by atoms with Crippen molar-refractivity contribution in [3.8, 4) is 17.1 Å². The fourth-order valence-electron chi connectivity index (χ4n) is 2.59. The Kier molecular flexibility index (Phi) is 3.62. The molecular weight excluding hydrogens is 264 g/mol. The molecule has 0 aliphatic heterocycles. The first-order chi connectivity index (χ1) is 10.2. The predicted octanol–water partition coefficient (Wildman–Crippen LogP) is 3.36. The Labute approximate surface area is 123 Å². The summed E-state index contributed by atoms with van der Waals surface area (Å²) in [5.41, 5.74) is 4.09.